The minimum absolute atomic E-state index is 0.647. The van der Waals surface area contributed by atoms with Crippen molar-refractivity contribution in [3.05, 3.63) is 12.2 Å². The smallest absolute Gasteiger partial charge is 0.0162 e. The van der Waals surface area contributed by atoms with E-state index in [0.29, 0.717) is 5.41 Å². The Labute approximate surface area is 82.6 Å². The number of hydrogen-bond donors (Lipinski definition) is 1. The average molecular weight is 181 g/mol. The van der Waals surface area contributed by atoms with Crippen LogP contribution >= 0.6 is 0 Å². The summed E-state index contributed by atoms with van der Waals surface area (Å²) in [6, 6.07) is 0. The van der Waals surface area contributed by atoms with Crippen LogP contribution in [0.2, 0.25) is 0 Å². The Hall–Kier alpha value is -0.300. The Morgan fingerprint density at radius 3 is 2.46 bits per heavy atom. The van der Waals surface area contributed by atoms with Gasteiger partial charge in [0.2, 0.25) is 0 Å². The van der Waals surface area contributed by atoms with Gasteiger partial charge in [-0.3, -0.25) is 0 Å². The quantitative estimate of drug-likeness (QED) is 0.621. The first-order valence-electron chi connectivity index (χ1n) is 5.60. The predicted molar refractivity (Wildman–Crippen MR) is 58.9 cm³/mol. The van der Waals surface area contributed by atoms with E-state index >= 15 is 0 Å². The Balaban J connectivity index is 2.14. The van der Waals surface area contributed by atoms with Crippen LogP contribution in [0.1, 0.15) is 46.0 Å². The molecule has 1 nitrogen and oxygen atoms in total. The fraction of sp³-hybridized carbons (Fsp3) is 0.833. The molecule has 76 valence electrons. The third kappa shape index (κ3) is 2.84. The van der Waals surface area contributed by atoms with E-state index in [1.807, 2.05) is 0 Å². The molecular weight excluding hydrogens is 158 g/mol. The Morgan fingerprint density at radius 2 is 2.08 bits per heavy atom. The topological polar surface area (TPSA) is 12.0 Å². The zero-order chi connectivity index (χ0) is 9.73. The van der Waals surface area contributed by atoms with Gasteiger partial charge < -0.3 is 5.32 Å². The van der Waals surface area contributed by atoms with E-state index in [1.54, 1.807) is 0 Å². The van der Waals surface area contributed by atoms with Crippen molar-refractivity contribution >= 4 is 0 Å². The molecule has 0 heterocycles. The lowest BCUT2D eigenvalue weighted by Gasteiger charge is -2.41. The number of nitrogens with one attached hydrogen (secondary N) is 1. The zero-order valence-corrected chi connectivity index (χ0v) is 9.16. The molecule has 0 unspecified atom stereocenters. The molecule has 0 saturated heterocycles. The van der Waals surface area contributed by atoms with E-state index < -0.39 is 0 Å². The van der Waals surface area contributed by atoms with E-state index in [2.05, 4.69) is 25.7 Å². The molecule has 1 fully saturated rings. The second-order valence-corrected chi connectivity index (χ2v) is 4.41. The molecule has 13 heavy (non-hydrogen) atoms. The monoisotopic (exact) mass is 181 g/mol. The maximum absolute atomic E-state index is 4.00. The van der Waals surface area contributed by atoms with Gasteiger partial charge in [0.05, 0.1) is 0 Å². The van der Waals surface area contributed by atoms with Crippen molar-refractivity contribution in [2.24, 2.45) is 5.41 Å². The van der Waals surface area contributed by atoms with Gasteiger partial charge in [0, 0.05) is 13.1 Å². The Kier molecular flexibility index (Phi) is 3.98. The molecule has 1 saturated carbocycles. The molecule has 0 atom stereocenters. The summed E-state index contributed by atoms with van der Waals surface area (Å²) in [5.41, 5.74) is 1.97. The fourth-order valence-corrected chi connectivity index (χ4v) is 1.96. The lowest BCUT2D eigenvalue weighted by molar-refractivity contribution is 0.125. The van der Waals surface area contributed by atoms with E-state index in [9.17, 15) is 0 Å². The molecule has 1 heteroatoms. The largest absolute Gasteiger partial charge is 0.312 e. The second kappa shape index (κ2) is 4.80. The van der Waals surface area contributed by atoms with Crippen LogP contribution in [0.4, 0.5) is 0 Å². The van der Waals surface area contributed by atoms with Gasteiger partial charge in [0.25, 0.3) is 0 Å². The second-order valence-electron chi connectivity index (χ2n) is 4.41. The van der Waals surface area contributed by atoms with Gasteiger partial charge in [-0.1, -0.05) is 32.4 Å². The summed E-state index contributed by atoms with van der Waals surface area (Å²) in [6.45, 7) is 10.7. The van der Waals surface area contributed by atoms with E-state index in [-0.39, 0.29) is 0 Å². The molecule has 0 spiro atoms. The van der Waals surface area contributed by atoms with Gasteiger partial charge in [-0.25, -0.2) is 0 Å². The molecule has 0 radical (unpaired) electrons. The number of hydrogen-bond acceptors (Lipinski definition) is 1. The molecule has 0 aromatic carbocycles. The lowest BCUT2D eigenvalue weighted by Crippen LogP contribution is -2.39. The molecule has 1 rings (SSSR count). The molecular formula is C12H23N. The molecule has 1 aliphatic rings. The SMILES string of the molecule is C=C(CC)CNCC1(CC)CCC1. The average Bonchev–Trinajstić information content (AvgIpc) is 2.09. The summed E-state index contributed by atoms with van der Waals surface area (Å²) < 4.78 is 0. The van der Waals surface area contributed by atoms with Crippen LogP contribution in [-0.2, 0) is 0 Å². The molecule has 1 aliphatic carbocycles. The van der Waals surface area contributed by atoms with Crippen molar-refractivity contribution < 1.29 is 0 Å². The summed E-state index contributed by atoms with van der Waals surface area (Å²) in [5.74, 6) is 0. The van der Waals surface area contributed by atoms with Gasteiger partial charge in [0.15, 0.2) is 0 Å². The minimum atomic E-state index is 0.647. The van der Waals surface area contributed by atoms with Crippen molar-refractivity contribution in [1.82, 2.24) is 5.32 Å². The molecule has 0 aliphatic heterocycles. The van der Waals surface area contributed by atoms with Crippen molar-refractivity contribution in [3.8, 4) is 0 Å². The zero-order valence-electron chi connectivity index (χ0n) is 9.16. The maximum Gasteiger partial charge on any atom is 0.0162 e. The molecule has 0 amide bonds. The van der Waals surface area contributed by atoms with E-state index in [1.165, 1.54) is 37.8 Å². The highest BCUT2D eigenvalue weighted by molar-refractivity contribution is 4.96. The predicted octanol–water partition coefficient (Wildman–Crippen LogP) is 3.12. The first kappa shape index (κ1) is 10.8. The highest BCUT2D eigenvalue weighted by atomic mass is 14.9. The number of rotatable bonds is 6. The highest BCUT2D eigenvalue weighted by Crippen LogP contribution is 2.42. The van der Waals surface area contributed by atoms with E-state index in [0.717, 1.165) is 13.0 Å². The van der Waals surface area contributed by atoms with Crippen LogP contribution in [-0.4, -0.2) is 13.1 Å². The van der Waals surface area contributed by atoms with Crippen LogP contribution < -0.4 is 5.32 Å². The normalized spacial score (nSPS) is 19.5. The molecule has 0 aromatic heterocycles. The molecule has 0 bridgehead atoms. The van der Waals surface area contributed by atoms with Crippen LogP contribution in [0.15, 0.2) is 12.2 Å². The summed E-state index contributed by atoms with van der Waals surface area (Å²) in [7, 11) is 0. The summed E-state index contributed by atoms with van der Waals surface area (Å²) in [6.07, 6.45) is 6.72. The third-order valence-electron chi connectivity index (χ3n) is 3.54. The summed E-state index contributed by atoms with van der Waals surface area (Å²) in [5, 5.41) is 3.53. The molecule has 0 aromatic rings. The van der Waals surface area contributed by atoms with Gasteiger partial charge >= 0.3 is 0 Å². The van der Waals surface area contributed by atoms with Crippen molar-refractivity contribution in [3.63, 3.8) is 0 Å². The maximum atomic E-state index is 4.00. The van der Waals surface area contributed by atoms with Gasteiger partial charge in [-0.2, -0.15) is 0 Å². The van der Waals surface area contributed by atoms with Gasteiger partial charge in [0.1, 0.15) is 0 Å². The summed E-state index contributed by atoms with van der Waals surface area (Å²) in [4.78, 5) is 0. The Morgan fingerprint density at radius 1 is 1.38 bits per heavy atom. The van der Waals surface area contributed by atoms with Crippen molar-refractivity contribution in [2.75, 3.05) is 13.1 Å². The fourth-order valence-electron chi connectivity index (χ4n) is 1.96. The van der Waals surface area contributed by atoms with Crippen LogP contribution in [0.25, 0.3) is 0 Å². The van der Waals surface area contributed by atoms with Gasteiger partial charge in [-0.05, 0) is 31.1 Å². The minimum Gasteiger partial charge on any atom is -0.312 e. The van der Waals surface area contributed by atoms with E-state index in [4.69, 9.17) is 0 Å². The standard InChI is InChI=1S/C12H23N/c1-4-11(3)9-13-10-12(5-2)7-6-8-12/h13H,3-10H2,1-2H3. The molecule has 1 N–H and O–H groups in total. The highest BCUT2D eigenvalue weighted by Gasteiger charge is 2.34. The first-order valence-corrected chi connectivity index (χ1v) is 5.60. The third-order valence-corrected chi connectivity index (χ3v) is 3.54. The van der Waals surface area contributed by atoms with Crippen LogP contribution in [0.3, 0.4) is 0 Å². The van der Waals surface area contributed by atoms with Crippen molar-refractivity contribution in [1.29, 1.82) is 0 Å². The van der Waals surface area contributed by atoms with Crippen LogP contribution in [0, 0.1) is 5.41 Å². The van der Waals surface area contributed by atoms with Crippen molar-refractivity contribution in [2.45, 2.75) is 46.0 Å². The van der Waals surface area contributed by atoms with Crippen LogP contribution in [0.5, 0.6) is 0 Å². The lowest BCUT2D eigenvalue weighted by atomic mass is 9.67. The van der Waals surface area contributed by atoms with Gasteiger partial charge in [-0.15, -0.1) is 0 Å². The summed E-state index contributed by atoms with van der Waals surface area (Å²) >= 11 is 0. The Bertz CT molecular complexity index is 162. The first-order chi connectivity index (χ1) is 6.22.